The van der Waals surface area contributed by atoms with Crippen LogP contribution in [0.4, 0.5) is 0 Å². The largest absolute Gasteiger partial charge is 0.395 e. The Labute approximate surface area is 89.9 Å². The van der Waals surface area contributed by atoms with Crippen LogP contribution in [0.25, 0.3) is 0 Å². The van der Waals surface area contributed by atoms with Crippen LogP contribution in [0.2, 0.25) is 0 Å². The standard InChI is InChI=1S/C10H20N2O3/c1-2-9-7(11)5-8(14)10(15-9)6-12-3-4-13/h2,7-10,12-14H,1,3-6,11H2. The molecule has 0 aromatic rings. The van der Waals surface area contributed by atoms with Crippen molar-refractivity contribution >= 4 is 0 Å². The number of rotatable bonds is 5. The molecule has 0 aromatic carbocycles. The average Bonchev–Trinajstić information content (AvgIpc) is 2.21. The third kappa shape index (κ3) is 3.55. The number of aliphatic hydroxyl groups is 2. The molecule has 4 unspecified atom stereocenters. The molecule has 1 rings (SSSR count). The van der Waals surface area contributed by atoms with E-state index in [0.717, 1.165) is 0 Å². The molecule has 0 spiro atoms. The molecular formula is C10H20N2O3. The Hall–Kier alpha value is -0.460. The van der Waals surface area contributed by atoms with Crippen molar-refractivity contribution in [2.24, 2.45) is 5.73 Å². The molecule has 0 bridgehead atoms. The molecule has 5 N–H and O–H groups in total. The normalized spacial score (nSPS) is 36.5. The molecule has 1 aliphatic heterocycles. The van der Waals surface area contributed by atoms with Crippen molar-refractivity contribution in [1.29, 1.82) is 0 Å². The Bertz CT molecular complexity index is 201. The van der Waals surface area contributed by atoms with Crippen LogP contribution in [-0.2, 0) is 4.74 Å². The van der Waals surface area contributed by atoms with Gasteiger partial charge >= 0.3 is 0 Å². The van der Waals surface area contributed by atoms with Crippen LogP contribution in [0.3, 0.4) is 0 Å². The zero-order chi connectivity index (χ0) is 11.3. The van der Waals surface area contributed by atoms with Crippen molar-refractivity contribution in [1.82, 2.24) is 5.32 Å². The molecule has 0 saturated carbocycles. The predicted octanol–water partition coefficient (Wildman–Crippen LogP) is -1.40. The van der Waals surface area contributed by atoms with E-state index in [2.05, 4.69) is 11.9 Å². The predicted molar refractivity (Wildman–Crippen MR) is 57.4 cm³/mol. The molecule has 5 nitrogen and oxygen atoms in total. The molecular weight excluding hydrogens is 196 g/mol. The van der Waals surface area contributed by atoms with Crippen molar-refractivity contribution in [2.45, 2.75) is 30.8 Å². The Morgan fingerprint density at radius 2 is 2.33 bits per heavy atom. The molecule has 1 aliphatic rings. The molecule has 88 valence electrons. The van der Waals surface area contributed by atoms with Gasteiger partial charge in [-0.1, -0.05) is 6.08 Å². The van der Waals surface area contributed by atoms with E-state index in [1.807, 2.05) is 0 Å². The Morgan fingerprint density at radius 3 is 2.93 bits per heavy atom. The fraction of sp³-hybridized carbons (Fsp3) is 0.800. The maximum Gasteiger partial charge on any atom is 0.0967 e. The maximum atomic E-state index is 9.71. The number of ether oxygens (including phenoxy) is 1. The summed E-state index contributed by atoms with van der Waals surface area (Å²) in [5.41, 5.74) is 5.78. The van der Waals surface area contributed by atoms with Crippen LogP contribution < -0.4 is 11.1 Å². The zero-order valence-corrected chi connectivity index (χ0v) is 8.80. The van der Waals surface area contributed by atoms with Gasteiger partial charge in [0.25, 0.3) is 0 Å². The van der Waals surface area contributed by atoms with Crippen LogP contribution in [0.5, 0.6) is 0 Å². The minimum Gasteiger partial charge on any atom is -0.395 e. The summed E-state index contributed by atoms with van der Waals surface area (Å²) in [6.07, 6.45) is 1.15. The van der Waals surface area contributed by atoms with Gasteiger partial charge in [0.05, 0.1) is 24.9 Å². The summed E-state index contributed by atoms with van der Waals surface area (Å²) < 4.78 is 5.57. The minimum atomic E-state index is -0.553. The first-order valence-corrected chi connectivity index (χ1v) is 5.22. The quantitative estimate of drug-likeness (QED) is 0.335. The monoisotopic (exact) mass is 216 g/mol. The molecule has 1 saturated heterocycles. The van der Waals surface area contributed by atoms with E-state index in [0.29, 0.717) is 19.5 Å². The van der Waals surface area contributed by atoms with E-state index in [1.165, 1.54) is 0 Å². The van der Waals surface area contributed by atoms with Crippen LogP contribution in [0.1, 0.15) is 6.42 Å². The molecule has 0 radical (unpaired) electrons. The van der Waals surface area contributed by atoms with Gasteiger partial charge in [0.15, 0.2) is 0 Å². The lowest BCUT2D eigenvalue weighted by molar-refractivity contribution is -0.107. The third-order valence-electron chi connectivity index (χ3n) is 2.56. The van der Waals surface area contributed by atoms with Crippen molar-refractivity contribution in [2.75, 3.05) is 19.7 Å². The molecule has 0 amide bonds. The van der Waals surface area contributed by atoms with E-state index in [4.69, 9.17) is 15.6 Å². The van der Waals surface area contributed by atoms with Gasteiger partial charge in [-0.2, -0.15) is 0 Å². The van der Waals surface area contributed by atoms with Gasteiger partial charge in [0, 0.05) is 19.1 Å². The first-order valence-electron chi connectivity index (χ1n) is 5.22. The minimum absolute atomic E-state index is 0.0766. The number of nitrogens with one attached hydrogen (secondary N) is 1. The Kier molecular flexibility index (Phi) is 5.21. The average molecular weight is 216 g/mol. The summed E-state index contributed by atoms with van der Waals surface area (Å²) >= 11 is 0. The van der Waals surface area contributed by atoms with Gasteiger partial charge in [-0.15, -0.1) is 6.58 Å². The third-order valence-corrected chi connectivity index (χ3v) is 2.56. The van der Waals surface area contributed by atoms with Crippen LogP contribution in [0.15, 0.2) is 12.7 Å². The fourth-order valence-corrected chi connectivity index (χ4v) is 1.70. The molecule has 0 aromatic heterocycles. The van der Waals surface area contributed by atoms with E-state index < -0.39 is 6.10 Å². The van der Waals surface area contributed by atoms with E-state index in [9.17, 15) is 5.11 Å². The highest BCUT2D eigenvalue weighted by atomic mass is 16.5. The van der Waals surface area contributed by atoms with Crippen LogP contribution in [-0.4, -0.2) is 54.3 Å². The number of aliphatic hydroxyl groups excluding tert-OH is 2. The molecule has 4 atom stereocenters. The lowest BCUT2D eigenvalue weighted by Gasteiger charge is -2.36. The molecule has 15 heavy (non-hydrogen) atoms. The second-order valence-electron chi connectivity index (χ2n) is 3.77. The van der Waals surface area contributed by atoms with Gasteiger partial charge in [-0.05, 0) is 6.42 Å². The fourth-order valence-electron chi connectivity index (χ4n) is 1.70. The van der Waals surface area contributed by atoms with Crippen molar-refractivity contribution < 1.29 is 14.9 Å². The molecule has 5 heteroatoms. The van der Waals surface area contributed by atoms with Gasteiger partial charge in [-0.3, -0.25) is 0 Å². The van der Waals surface area contributed by atoms with Gasteiger partial charge < -0.3 is 26.0 Å². The first-order chi connectivity index (χ1) is 7.19. The summed E-state index contributed by atoms with van der Waals surface area (Å²) in [5.74, 6) is 0. The van der Waals surface area contributed by atoms with E-state index >= 15 is 0 Å². The molecule has 1 heterocycles. The second-order valence-corrected chi connectivity index (χ2v) is 3.77. The van der Waals surface area contributed by atoms with E-state index in [1.54, 1.807) is 6.08 Å². The van der Waals surface area contributed by atoms with Gasteiger partial charge in [0.2, 0.25) is 0 Å². The topological polar surface area (TPSA) is 87.7 Å². The lowest BCUT2D eigenvalue weighted by atomic mass is 9.96. The SMILES string of the molecule is C=CC1OC(CNCCO)C(O)CC1N. The maximum absolute atomic E-state index is 9.71. The smallest absolute Gasteiger partial charge is 0.0967 e. The highest BCUT2D eigenvalue weighted by Crippen LogP contribution is 2.19. The Balaban J connectivity index is 2.39. The number of nitrogens with two attached hydrogens (primary N) is 1. The highest BCUT2D eigenvalue weighted by molar-refractivity contribution is 4.96. The summed E-state index contributed by atoms with van der Waals surface area (Å²) in [7, 11) is 0. The first kappa shape index (κ1) is 12.6. The van der Waals surface area contributed by atoms with E-state index in [-0.39, 0.29) is 24.9 Å². The number of hydrogen-bond acceptors (Lipinski definition) is 5. The summed E-state index contributed by atoms with van der Waals surface area (Å²) in [5, 5.41) is 21.3. The molecule has 1 fully saturated rings. The highest BCUT2D eigenvalue weighted by Gasteiger charge is 2.33. The van der Waals surface area contributed by atoms with Crippen molar-refractivity contribution in [3.63, 3.8) is 0 Å². The Morgan fingerprint density at radius 1 is 1.60 bits per heavy atom. The van der Waals surface area contributed by atoms with Crippen LogP contribution in [0, 0.1) is 0 Å². The summed E-state index contributed by atoms with van der Waals surface area (Å²) in [6, 6.07) is -0.188. The zero-order valence-electron chi connectivity index (χ0n) is 8.80. The van der Waals surface area contributed by atoms with Gasteiger partial charge in [0.1, 0.15) is 0 Å². The molecule has 0 aliphatic carbocycles. The van der Waals surface area contributed by atoms with Crippen LogP contribution >= 0.6 is 0 Å². The summed E-state index contributed by atoms with van der Waals surface area (Å²) in [4.78, 5) is 0. The number of hydrogen-bond donors (Lipinski definition) is 4. The van der Waals surface area contributed by atoms with Gasteiger partial charge in [-0.25, -0.2) is 0 Å². The second kappa shape index (κ2) is 6.19. The van der Waals surface area contributed by atoms with Crippen molar-refractivity contribution in [3.8, 4) is 0 Å². The summed E-state index contributed by atoms with van der Waals surface area (Å²) in [6.45, 7) is 4.73. The lowest BCUT2D eigenvalue weighted by Crippen LogP contribution is -2.53. The van der Waals surface area contributed by atoms with Crippen molar-refractivity contribution in [3.05, 3.63) is 12.7 Å².